The predicted octanol–water partition coefficient (Wildman–Crippen LogP) is 2.96. The number of pyridine rings is 1. The van der Waals surface area contributed by atoms with Gasteiger partial charge in [-0.25, -0.2) is 4.98 Å². The van der Waals surface area contributed by atoms with Gasteiger partial charge < -0.3 is 14.6 Å². The van der Waals surface area contributed by atoms with E-state index in [1.165, 1.54) is 7.11 Å². The van der Waals surface area contributed by atoms with Crippen LogP contribution in [0.5, 0.6) is 0 Å². The van der Waals surface area contributed by atoms with Gasteiger partial charge in [0.2, 0.25) is 11.7 Å². The number of methoxy groups -OCH3 is 1. The number of aryl methyl sites for hydroxylation is 1. The van der Waals surface area contributed by atoms with Crippen molar-refractivity contribution in [3.05, 3.63) is 36.4 Å². The van der Waals surface area contributed by atoms with Crippen LogP contribution in [0.1, 0.15) is 18.7 Å². The van der Waals surface area contributed by atoms with E-state index < -0.39 is 0 Å². The fourth-order valence-electron chi connectivity index (χ4n) is 3.13. The molecule has 0 spiro atoms. The minimum atomic E-state index is -0.140. The summed E-state index contributed by atoms with van der Waals surface area (Å²) in [6.07, 6.45) is 3.29. The predicted molar refractivity (Wildman–Crippen MR) is 91.9 cm³/mol. The van der Waals surface area contributed by atoms with Crippen molar-refractivity contribution < 1.29 is 14.1 Å². The molecule has 25 heavy (non-hydrogen) atoms. The lowest BCUT2D eigenvalue weighted by Crippen LogP contribution is -2.40. The molecule has 0 bridgehead atoms. The molecule has 0 unspecified atom stereocenters. The quantitative estimate of drug-likeness (QED) is 0.731. The Balaban J connectivity index is 1.60. The van der Waals surface area contributed by atoms with Crippen molar-refractivity contribution in [3.8, 4) is 11.4 Å². The largest absolute Gasteiger partial charge is 0.469 e. The summed E-state index contributed by atoms with van der Waals surface area (Å²) in [5.41, 5.74) is 0.876. The molecule has 1 aromatic carbocycles. The fraction of sp³-hybridized carbons (Fsp3) is 0.333. The van der Waals surface area contributed by atoms with Gasteiger partial charge in [0, 0.05) is 30.1 Å². The highest BCUT2D eigenvalue weighted by molar-refractivity contribution is 5.94. The Morgan fingerprint density at radius 2 is 2.16 bits per heavy atom. The van der Waals surface area contributed by atoms with E-state index >= 15 is 0 Å². The first-order chi connectivity index (χ1) is 12.1. The highest BCUT2D eigenvalue weighted by Gasteiger charge is 2.35. The summed E-state index contributed by atoms with van der Waals surface area (Å²) in [6.45, 7) is 1.76. The standard InChI is InChI=1S/C18H18N4O3/c1-10-20-16(22-25-10)12-4-3-11-5-6-19-17(15(11)9-12)21-14-7-13(8-14)18(23)24-2/h3-6,9,13-14H,7-8H2,1-2H3,(H,19,21). The Morgan fingerprint density at radius 1 is 1.32 bits per heavy atom. The number of carbonyl (C=O) groups excluding carboxylic acids is 1. The SMILES string of the molecule is COC(=O)C1CC(Nc2nccc3ccc(-c4noc(C)n4)cc23)C1. The first-order valence-corrected chi connectivity index (χ1v) is 8.18. The first kappa shape index (κ1) is 15.6. The van der Waals surface area contributed by atoms with Crippen molar-refractivity contribution in [2.45, 2.75) is 25.8 Å². The van der Waals surface area contributed by atoms with Crippen molar-refractivity contribution >= 4 is 22.6 Å². The Morgan fingerprint density at radius 3 is 2.88 bits per heavy atom. The highest BCUT2D eigenvalue weighted by Crippen LogP contribution is 2.33. The molecular weight excluding hydrogens is 320 g/mol. The van der Waals surface area contributed by atoms with Gasteiger partial charge in [0.1, 0.15) is 5.82 Å². The normalized spacial score (nSPS) is 19.4. The number of hydrogen-bond donors (Lipinski definition) is 1. The van der Waals surface area contributed by atoms with Crippen LogP contribution >= 0.6 is 0 Å². The molecule has 1 aliphatic rings. The number of rotatable bonds is 4. The average molecular weight is 338 g/mol. The van der Waals surface area contributed by atoms with Gasteiger partial charge in [-0.3, -0.25) is 4.79 Å². The topological polar surface area (TPSA) is 90.1 Å². The van der Waals surface area contributed by atoms with Crippen LogP contribution in [0.3, 0.4) is 0 Å². The van der Waals surface area contributed by atoms with Crippen molar-refractivity contribution in [2.24, 2.45) is 5.92 Å². The van der Waals surface area contributed by atoms with Gasteiger partial charge in [0.15, 0.2) is 0 Å². The molecule has 2 heterocycles. The number of esters is 1. The molecule has 3 aromatic rings. The maximum atomic E-state index is 11.5. The second-order valence-corrected chi connectivity index (χ2v) is 6.27. The number of hydrogen-bond acceptors (Lipinski definition) is 7. The zero-order valence-corrected chi connectivity index (χ0v) is 14.0. The van der Waals surface area contributed by atoms with Crippen LogP contribution in [0.15, 0.2) is 35.0 Å². The molecule has 0 saturated heterocycles. The van der Waals surface area contributed by atoms with Gasteiger partial charge in [-0.15, -0.1) is 0 Å². The lowest BCUT2D eigenvalue weighted by molar-refractivity contribution is -0.148. The number of carbonyl (C=O) groups is 1. The molecule has 7 nitrogen and oxygen atoms in total. The van der Waals surface area contributed by atoms with Crippen LogP contribution in [0.4, 0.5) is 5.82 Å². The van der Waals surface area contributed by atoms with Crippen molar-refractivity contribution in [1.82, 2.24) is 15.1 Å². The van der Waals surface area contributed by atoms with Gasteiger partial charge in [0.05, 0.1) is 13.0 Å². The molecule has 0 amide bonds. The van der Waals surface area contributed by atoms with Gasteiger partial charge in [-0.1, -0.05) is 17.3 Å². The smallest absolute Gasteiger partial charge is 0.308 e. The first-order valence-electron chi connectivity index (χ1n) is 8.18. The molecule has 4 rings (SSSR count). The summed E-state index contributed by atoms with van der Waals surface area (Å²) in [6, 6.07) is 8.17. The van der Waals surface area contributed by atoms with Crippen molar-refractivity contribution in [2.75, 3.05) is 12.4 Å². The summed E-state index contributed by atoms with van der Waals surface area (Å²) in [5, 5.41) is 9.47. The Bertz CT molecular complexity index is 931. The maximum absolute atomic E-state index is 11.5. The number of nitrogens with one attached hydrogen (secondary N) is 1. The number of ether oxygens (including phenoxy) is 1. The zero-order chi connectivity index (χ0) is 17.4. The van der Waals surface area contributed by atoms with Crippen LogP contribution in [0.2, 0.25) is 0 Å². The summed E-state index contributed by atoms with van der Waals surface area (Å²) in [7, 11) is 1.43. The molecule has 7 heteroatoms. The molecular formula is C18H18N4O3. The minimum Gasteiger partial charge on any atom is -0.469 e. The van der Waals surface area contributed by atoms with E-state index in [-0.39, 0.29) is 17.9 Å². The van der Waals surface area contributed by atoms with Crippen LogP contribution in [-0.4, -0.2) is 34.2 Å². The van der Waals surface area contributed by atoms with E-state index in [2.05, 4.69) is 20.4 Å². The molecule has 0 radical (unpaired) electrons. The number of fused-ring (bicyclic) bond motifs is 1. The molecule has 0 aliphatic heterocycles. The Hall–Kier alpha value is -2.96. The van der Waals surface area contributed by atoms with E-state index in [0.717, 1.165) is 35.0 Å². The minimum absolute atomic E-state index is 0.0182. The summed E-state index contributed by atoms with van der Waals surface area (Å²) >= 11 is 0. The molecule has 1 aliphatic carbocycles. The number of nitrogens with zero attached hydrogens (tertiary/aromatic N) is 3. The third-order valence-corrected chi connectivity index (χ3v) is 4.57. The second-order valence-electron chi connectivity index (χ2n) is 6.27. The highest BCUT2D eigenvalue weighted by atomic mass is 16.5. The molecule has 2 aromatic heterocycles. The monoisotopic (exact) mass is 338 g/mol. The number of benzene rings is 1. The zero-order valence-electron chi connectivity index (χ0n) is 14.0. The van der Waals surface area contributed by atoms with Crippen LogP contribution in [0, 0.1) is 12.8 Å². The van der Waals surface area contributed by atoms with Gasteiger partial charge in [-0.05, 0) is 30.4 Å². The molecule has 128 valence electrons. The van der Waals surface area contributed by atoms with Crippen LogP contribution in [0.25, 0.3) is 22.2 Å². The van der Waals surface area contributed by atoms with E-state index in [9.17, 15) is 4.79 Å². The third kappa shape index (κ3) is 2.93. The maximum Gasteiger partial charge on any atom is 0.308 e. The molecule has 0 atom stereocenters. The third-order valence-electron chi connectivity index (χ3n) is 4.57. The second kappa shape index (κ2) is 6.16. The number of anilines is 1. The molecule has 1 fully saturated rings. The van der Waals surface area contributed by atoms with Crippen molar-refractivity contribution in [1.29, 1.82) is 0 Å². The van der Waals surface area contributed by atoms with Gasteiger partial charge >= 0.3 is 5.97 Å². The molecule has 1 N–H and O–H groups in total. The Kier molecular flexibility index (Phi) is 3.83. The average Bonchev–Trinajstić information content (AvgIpc) is 3.03. The molecule has 1 saturated carbocycles. The fourth-order valence-corrected chi connectivity index (χ4v) is 3.13. The van der Waals surface area contributed by atoms with E-state index in [4.69, 9.17) is 9.26 Å². The van der Waals surface area contributed by atoms with Crippen molar-refractivity contribution in [3.63, 3.8) is 0 Å². The van der Waals surface area contributed by atoms with Crippen LogP contribution < -0.4 is 5.32 Å². The lowest BCUT2D eigenvalue weighted by atomic mass is 9.80. The van der Waals surface area contributed by atoms with E-state index in [0.29, 0.717) is 11.7 Å². The lowest BCUT2D eigenvalue weighted by Gasteiger charge is -2.34. The summed E-state index contributed by atoms with van der Waals surface area (Å²) in [4.78, 5) is 20.3. The number of aromatic nitrogens is 3. The summed E-state index contributed by atoms with van der Waals surface area (Å²) < 4.78 is 9.85. The van der Waals surface area contributed by atoms with E-state index in [1.54, 1.807) is 13.1 Å². The van der Waals surface area contributed by atoms with Gasteiger partial charge in [-0.2, -0.15) is 4.98 Å². The van der Waals surface area contributed by atoms with Gasteiger partial charge in [0.25, 0.3) is 0 Å². The van der Waals surface area contributed by atoms with Crippen LogP contribution in [-0.2, 0) is 9.53 Å². The summed E-state index contributed by atoms with van der Waals surface area (Å²) in [5.74, 6) is 1.73. The Labute approximate surface area is 144 Å². The van der Waals surface area contributed by atoms with E-state index in [1.807, 2.05) is 24.3 Å².